The van der Waals surface area contributed by atoms with Crippen LogP contribution in [0.25, 0.3) is 77.5 Å². The number of aromatic nitrogens is 1. The van der Waals surface area contributed by atoms with Gasteiger partial charge >= 0.3 is 0 Å². The summed E-state index contributed by atoms with van der Waals surface area (Å²) in [5, 5.41) is 4.41. The first-order valence-corrected chi connectivity index (χ1v) is 18.5. The minimum Gasteiger partial charge on any atom is -0.454 e. The maximum Gasteiger partial charge on any atom is 0.227 e. The predicted octanol–water partition coefficient (Wildman–Crippen LogP) is 14.0. The van der Waals surface area contributed by atoms with E-state index in [4.69, 9.17) is 13.8 Å². The van der Waals surface area contributed by atoms with E-state index in [9.17, 15) is 0 Å². The van der Waals surface area contributed by atoms with Crippen LogP contribution in [0.2, 0.25) is 0 Å². The van der Waals surface area contributed by atoms with Crippen LogP contribution in [0.15, 0.2) is 179 Å². The van der Waals surface area contributed by atoms with Gasteiger partial charge in [0.25, 0.3) is 0 Å². The molecule has 8 aromatic carbocycles. The van der Waals surface area contributed by atoms with E-state index in [0.717, 1.165) is 61.2 Å². The first-order chi connectivity index (χ1) is 26.5. The van der Waals surface area contributed by atoms with E-state index in [0.29, 0.717) is 11.5 Å². The lowest BCUT2D eigenvalue weighted by Gasteiger charge is -2.30. The van der Waals surface area contributed by atoms with Gasteiger partial charge in [-0.25, -0.2) is 4.98 Å². The summed E-state index contributed by atoms with van der Waals surface area (Å²) in [4.78, 5) is 7.64. The van der Waals surface area contributed by atoms with Crippen molar-refractivity contribution in [2.75, 3.05) is 4.90 Å². The average molecular weight is 695 g/mol. The molecular weight excluding hydrogens is 661 g/mol. The highest BCUT2D eigenvalue weighted by Crippen LogP contribution is 2.53. The zero-order chi connectivity index (χ0) is 36.0. The van der Waals surface area contributed by atoms with E-state index < -0.39 is 0 Å². The summed E-state index contributed by atoms with van der Waals surface area (Å²) >= 11 is 0. The van der Waals surface area contributed by atoms with Crippen molar-refractivity contribution in [1.82, 2.24) is 4.98 Å². The molecule has 4 nitrogen and oxygen atoms in total. The van der Waals surface area contributed by atoms with Gasteiger partial charge in [0.2, 0.25) is 5.89 Å². The second kappa shape index (κ2) is 11.5. The van der Waals surface area contributed by atoms with Crippen LogP contribution in [-0.2, 0) is 5.41 Å². The van der Waals surface area contributed by atoms with Crippen molar-refractivity contribution in [3.63, 3.8) is 0 Å². The Morgan fingerprint density at radius 2 is 1.22 bits per heavy atom. The Hall–Kier alpha value is -6.91. The van der Waals surface area contributed by atoms with E-state index in [1.54, 1.807) is 0 Å². The van der Waals surface area contributed by atoms with E-state index in [1.807, 2.05) is 42.5 Å². The molecule has 2 heterocycles. The van der Waals surface area contributed by atoms with Crippen molar-refractivity contribution in [2.45, 2.75) is 19.3 Å². The number of benzene rings is 8. The van der Waals surface area contributed by atoms with Gasteiger partial charge in [-0.15, -0.1) is 0 Å². The second-order valence-electron chi connectivity index (χ2n) is 14.7. The molecule has 1 aliphatic carbocycles. The van der Waals surface area contributed by atoms with Gasteiger partial charge in [-0.1, -0.05) is 135 Å². The number of para-hydroxylation sites is 2. The molecule has 4 heteroatoms. The van der Waals surface area contributed by atoms with Crippen LogP contribution in [-0.4, -0.2) is 4.98 Å². The van der Waals surface area contributed by atoms with Crippen molar-refractivity contribution >= 4 is 60.9 Å². The quantitative estimate of drug-likeness (QED) is 0.180. The highest BCUT2D eigenvalue weighted by Gasteiger charge is 2.36. The van der Waals surface area contributed by atoms with Crippen LogP contribution in [0.3, 0.4) is 0 Å². The Labute approximate surface area is 312 Å². The fraction of sp³-hybridized carbons (Fsp3) is 0.0600. The van der Waals surface area contributed by atoms with Crippen molar-refractivity contribution in [2.24, 2.45) is 0 Å². The molecule has 0 saturated carbocycles. The Balaban J connectivity index is 1.25. The fourth-order valence-corrected chi connectivity index (χ4v) is 8.62. The van der Waals surface area contributed by atoms with Crippen LogP contribution in [0, 0.1) is 0 Å². The van der Waals surface area contributed by atoms with Gasteiger partial charge < -0.3 is 13.7 Å². The Bertz CT molecular complexity index is 3100. The van der Waals surface area contributed by atoms with Crippen molar-refractivity contribution in [3.8, 4) is 33.7 Å². The highest BCUT2D eigenvalue weighted by atomic mass is 16.4. The lowest BCUT2D eigenvalue weighted by atomic mass is 9.82. The molecule has 0 spiro atoms. The summed E-state index contributed by atoms with van der Waals surface area (Å²) in [6, 6.07) is 60.1. The number of oxazole rings is 1. The van der Waals surface area contributed by atoms with E-state index >= 15 is 0 Å². The lowest BCUT2D eigenvalue weighted by Crippen LogP contribution is -2.17. The van der Waals surface area contributed by atoms with Gasteiger partial charge in [0.05, 0.1) is 5.69 Å². The van der Waals surface area contributed by atoms with Crippen molar-refractivity contribution < 1.29 is 8.83 Å². The summed E-state index contributed by atoms with van der Waals surface area (Å²) in [5.74, 6) is 0.567. The Kier molecular flexibility index (Phi) is 6.56. The third kappa shape index (κ3) is 4.53. The highest BCUT2D eigenvalue weighted by molar-refractivity contribution is 6.18. The summed E-state index contributed by atoms with van der Waals surface area (Å²) in [6.45, 7) is 4.66. The zero-order valence-corrected chi connectivity index (χ0v) is 29.9. The maximum absolute atomic E-state index is 6.89. The summed E-state index contributed by atoms with van der Waals surface area (Å²) in [5.41, 5.74) is 14.0. The number of anilines is 3. The van der Waals surface area contributed by atoms with Gasteiger partial charge in [0.15, 0.2) is 11.2 Å². The summed E-state index contributed by atoms with van der Waals surface area (Å²) in [6.07, 6.45) is 0. The van der Waals surface area contributed by atoms with Gasteiger partial charge in [-0.2, -0.15) is 0 Å². The third-order valence-corrected chi connectivity index (χ3v) is 11.3. The number of hydrogen-bond acceptors (Lipinski definition) is 4. The van der Waals surface area contributed by atoms with Gasteiger partial charge in [0.1, 0.15) is 16.8 Å². The molecule has 0 unspecified atom stereocenters. The number of rotatable bonds is 5. The molecule has 0 radical (unpaired) electrons. The van der Waals surface area contributed by atoms with E-state index in [2.05, 4.69) is 146 Å². The molecule has 256 valence electrons. The molecule has 1 aliphatic rings. The van der Waals surface area contributed by atoms with Crippen LogP contribution in [0.1, 0.15) is 25.0 Å². The zero-order valence-electron chi connectivity index (χ0n) is 29.9. The maximum atomic E-state index is 6.89. The molecule has 0 amide bonds. The van der Waals surface area contributed by atoms with Gasteiger partial charge in [-0.3, -0.25) is 0 Å². The minimum absolute atomic E-state index is 0.194. The third-order valence-electron chi connectivity index (χ3n) is 11.3. The summed E-state index contributed by atoms with van der Waals surface area (Å²) < 4.78 is 13.6. The molecule has 0 atom stereocenters. The van der Waals surface area contributed by atoms with Gasteiger partial charge in [0, 0.05) is 33.0 Å². The molecule has 0 N–H and O–H groups in total. The Morgan fingerprint density at radius 1 is 0.500 bits per heavy atom. The molecule has 0 saturated heterocycles. The monoisotopic (exact) mass is 694 g/mol. The standard InChI is InChI=1S/C50H34N2O2/c1-50(2)41-21-11-8-19-37(41)38-27-26-35(29-42(38)50)52(43-22-12-9-18-36(43)34-25-24-31-14-6-7-17-33(31)28-34)47-46-45(54-49(51-46)32-15-4-3-5-16-32)30-40-39-20-10-13-23-44(39)53-48(40)47/h3-30H,1-2H3. The first kappa shape index (κ1) is 30.7. The normalized spacial score (nSPS) is 13.1. The largest absolute Gasteiger partial charge is 0.454 e. The first-order valence-electron chi connectivity index (χ1n) is 18.5. The Morgan fingerprint density at radius 3 is 2.11 bits per heavy atom. The van der Waals surface area contributed by atoms with Gasteiger partial charge in [-0.05, 0) is 87.1 Å². The molecule has 0 bridgehead atoms. The number of hydrogen-bond donors (Lipinski definition) is 0. The molecule has 11 rings (SSSR count). The molecule has 54 heavy (non-hydrogen) atoms. The average Bonchev–Trinajstić information content (AvgIpc) is 3.89. The lowest BCUT2D eigenvalue weighted by molar-refractivity contribution is 0.620. The van der Waals surface area contributed by atoms with Crippen LogP contribution < -0.4 is 4.90 Å². The SMILES string of the molecule is CC1(C)c2ccccc2-c2ccc(N(c3ccccc3-c3ccc4ccccc4c3)c3c4nc(-c5ccccc5)oc4cc4c3oc3ccccc34)cc21. The molecule has 2 aromatic heterocycles. The molecular formula is C50H34N2O2. The number of furan rings is 1. The predicted molar refractivity (Wildman–Crippen MR) is 222 cm³/mol. The number of nitrogens with zero attached hydrogens (tertiary/aromatic N) is 2. The second-order valence-corrected chi connectivity index (χ2v) is 14.7. The minimum atomic E-state index is -0.194. The molecule has 0 aliphatic heterocycles. The van der Waals surface area contributed by atoms with E-state index in [1.165, 1.54) is 33.0 Å². The van der Waals surface area contributed by atoms with Crippen LogP contribution in [0.4, 0.5) is 17.1 Å². The molecule has 10 aromatic rings. The van der Waals surface area contributed by atoms with Crippen LogP contribution >= 0.6 is 0 Å². The number of fused-ring (bicyclic) bond motifs is 8. The summed E-state index contributed by atoms with van der Waals surface area (Å²) in [7, 11) is 0. The van der Waals surface area contributed by atoms with Crippen molar-refractivity contribution in [1.29, 1.82) is 0 Å². The van der Waals surface area contributed by atoms with E-state index in [-0.39, 0.29) is 5.41 Å². The topological polar surface area (TPSA) is 42.4 Å². The molecule has 0 fully saturated rings. The van der Waals surface area contributed by atoms with Crippen LogP contribution in [0.5, 0.6) is 0 Å². The fourth-order valence-electron chi connectivity index (χ4n) is 8.62. The van der Waals surface area contributed by atoms with Crippen molar-refractivity contribution in [3.05, 3.63) is 181 Å². The smallest absolute Gasteiger partial charge is 0.227 e.